The maximum atomic E-state index is 15.7. The summed E-state index contributed by atoms with van der Waals surface area (Å²) < 4.78 is 128. The van der Waals surface area contributed by atoms with Crippen LogP contribution in [0, 0.1) is 18.7 Å². The number of carbonyl (C=O) groups is 2. The zero-order valence-electron chi connectivity index (χ0n) is 22.4. The highest BCUT2D eigenvalue weighted by Crippen LogP contribution is 2.42. The predicted octanol–water partition coefficient (Wildman–Crippen LogP) is 5.44. The molecule has 3 N–H and O–H groups in total. The van der Waals surface area contributed by atoms with Gasteiger partial charge in [-0.2, -0.15) is 13.2 Å². The molecule has 1 unspecified atom stereocenters. The van der Waals surface area contributed by atoms with E-state index in [4.69, 9.17) is 0 Å². The number of aromatic nitrogens is 4. The number of imidazole rings is 1. The maximum Gasteiger partial charge on any atom is 0.408 e. The zero-order chi connectivity index (χ0) is 31.9. The van der Waals surface area contributed by atoms with Crippen LogP contribution < -0.4 is 10.6 Å². The van der Waals surface area contributed by atoms with Gasteiger partial charge in [-0.25, -0.2) is 36.0 Å². The Kier molecular flexibility index (Phi) is 8.97. The summed E-state index contributed by atoms with van der Waals surface area (Å²) in [6.07, 6.45) is -13.5. The van der Waals surface area contributed by atoms with Gasteiger partial charge in [0, 0.05) is 18.4 Å². The maximum absolute atomic E-state index is 15.7. The first-order chi connectivity index (χ1) is 20.0. The van der Waals surface area contributed by atoms with Crippen molar-refractivity contribution in [1.82, 2.24) is 30.9 Å². The molecule has 0 radical (unpaired) electrons. The molecule has 3 aromatic rings. The average molecular weight is 628 g/mol. The number of alkyl halides is 8. The summed E-state index contributed by atoms with van der Waals surface area (Å²) in [5, 5.41) is 11.0. The molecule has 1 fully saturated rings. The van der Waals surface area contributed by atoms with E-state index in [1.165, 1.54) is 12.2 Å². The molecule has 1 aromatic carbocycles. The zero-order valence-corrected chi connectivity index (χ0v) is 22.4. The molecule has 4 rings (SSSR count). The molecule has 4 atom stereocenters. The monoisotopic (exact) mass is 628 g/mol. The second kappa shape index (κ2) is 12.0. The largest absolute Gasteiger partial charge is 0.408 e. The Morgan fingerprint density at radius 2 is 1.74 bits per heavy atom. The minimum absolute atomic E-state index is 0.0870. The van der Waals surface area contributed by atoms with Gasteiger partial charge in [-0.15, -0.1) is 0 Å². The van der Waals surface area contributed by atoms with Crippen molar-refractivity contribution in [2.75, 3.05) is 0 Å². The number of hydrogen-bond acceptors (Lipinski definition) is 6. The van der Waals surface area contributed by atoms with E-state index in [9.17, 15) is 44.7 Å². The third kappa shape index (κ3) is 6.87. The number of fused-ring (bicyclic) bond motifs is 1. The topological polar surface area (TPSA) is 126 Å². The van der Waals surface area contributed by atoms with Gasteiger partial charge in [0.15, 0.2) is 17.7 Å². The lowest BCUT2D eigenvalue weighted by atomic mass is 9.81. The third-order valence-corrected chi connectivity index (χ3v) is 7.35. The Morgan fingerprint density at radius 3 is 2.30 bits per heavy atom. The highest BCUT2D eigenvalue weighted by molar-refractivity contribution is 5.93. The highest BCUT2D eigenvalue weighted by atomic mass is 19.4. The number of carbonyl (C=O) groups excluding carboxylic acids is 2. The van der Waals surface area contributed by atoms with Gasteiger partial charge in [0.25, 0.3) is 12.3 Å². The van der Waals surface area contributed by atoms with Crippen molar-refractivity contribution >= 4 is 22.8 Å². The molecule has 0 saturated heterocycles. The van der Waals surface area contributed by atoms with Gasteiger partial charge in [-0.05, 0) is 43.8 Å². The summed E-state index contributed by atoms with van der Waals surface area (Å²) in [5.74, 6) is -10.6. The Balaban J connectivity index is 1.73. The summed E-state index contributed by atoms with van der Waals surface area (Å²) in [6, 6.07) is -1.92. The molecule has 43 heavy (non-hydrogen) atoms. The van der Waals surface area contributed by atoms with Crippen LogP contribution in [0.2, 0.25) is 0 Å². The first-order valence-corrected chi connectivity index (χ1v) is 13.0. The number of benzene rings is 1. The highest BCUT2D eigenvalue weighted by Gasteiger charge is 2.44. The Hall–Kier alpha value is -3.86. The van der Waals surface area contributed by atoms with Crippen molar-refractivity contribution in [3.8, 4) is 0 Å². The van der Waals surface area contributed by atoms with E-state index < -0.39 is 90.2 Å². The first kappa shape index (κ1) is 32.1. The van der Waals surface area contributed by atoms with E-state index in [0.717, 1.165) is 12.1 Å². The fourth-order valence-corrected chi connectivity index (χ4v) is 4.90. The van der Waals surface area contributed by atoms with E-state index in [1.807, 2.05) is 0 Å². The number of rotatable bonds is 9. The molecule has 0 spiro atoms. The molecule has 0 bridgehead atoms. The summed E-state index contributed by atoms with van der Waals surface area (Å²) in [4.78, 5) is 32.3. The van der Waals surface area contributed by atoms with E-state index in [1.54, 1.807) is 0 Å². The lowest BCUT2D eigenvalue weighted by molar-refractivity contribution is -0.159. The number of aryl methyl sites for hydroxylation is 1. The van der Waals surface area contributed by atoms with Crippen molar-refractivity contribution in [3.63, 3.8) is 0 Å². The van der Waals surface area contributed by atoms with Crippen molar-refractivity contribution in [2.45, 2.75) is 82.2 Å². The summed E-state index contributed by atoms with van der Waals surface area (Å²) >= 11 is 0. The van der Waals surface area contributed by atoms with Gasteiger partial charge in [0.1, 0.15) is 29.0 Å². The number of aromatic amines is 1. The van der Waals surface area contributed by atoms with Gasteiger partial charge in [0.2, 0.25) is 11.8 Å². The molecule has 2 heterocycles. The number of H-pyrrole nitrogens is 1. The predicted molar refractivity (Wildman–Crippen MR) is 129 cm³/mol. The number of halogens is 9. The van der Waals surface area contributed by atoms with E-state index in [-0.39, 0.29) is 35.6 Å². The second-order valence-electron chi connectivity index (χ2n) is 10.4. The van der Waals surface area contributed by atoms with Crippen LogP contribution in [0.15, 0.2) is 16.8 Å². The van der Waals surface area contributed by atoms with Crippen LogP contribution in [0.5, 0.6) is 0 Å². The van der Waals surface area contributed by atoms with E-state index in [0.29, 0.717) is 6.92 Å². The molecule has 1 aliphatic rings. The standard InChI is InChI=1S/C25H25F9N6O3/c1-9-17(40-43-39-9)23(42)38-18(11-5-7-24(30,31)8-6-11)21-36-13-4-3-12(15(26)19(13)37-21)14(16(27)20(28)29)22(41)35-10(2)25(32,33)34/h3-4,10-11,14,16,18,20H,5-8H2,1-2H3,(H,35,41)(H,36,37)(H,38,42)/t10-,14-,16?,18-/m0/s1. The first-order valence-electron chi connectivity index (χ1n) is 13.0. The molecule has 18 heteroatoms. The lowest BCUT2D eigenvalue weighted by Gasteiger charge is -2.33. The van der Waals surface area contributed by atoms with Crippen molar-refractivity contribution in [2.24, 2.45) is 5.92 Å². The van der Waals surface area contributed by atoms with Crippen molar-refractivity contribution < 1.29 is 53.7 Å². The molecule has 2 aromatic heterocycles. The van der Waals surface area contributed by atoms with Gasteiger partial charge >= 0.3 is 6.18 Å². The summed E-state index contributed by atoms with van der Waals surface area (Å²) in [5.41, 5.74) is -1.84. The average Bonchev–Trinajstić information content (AvgIpc) is 3.55. The Labute approximate surface area is 236 Å². The van der Waals surface area contributed by atoms with Crippen LogP contribution in [0.4, 0.5) is 39.5 Å². The quantitative estimate of drug-likeness (QED) is 0.271. The fourth-order valence-electron chi connectivity index (χ4n) is 4.90. The number of hydrogen-bond donors (Lipinski definition) is 3. The molecule has 1 aliphatic carbocycles. The minimum atomic E-state index is -5.00. The number of nitrogens with zero attached hydrogens (tertiary/aromatic N) is 3. The normalized spacial score (nSPS) is 18.8. The molecule has 236 valence electrons. The van der Waals surface area contributed by atoms with Crippen LogP contribution in [-0.2, 0) is 4.79 Å². The SMILES string of the molecule is Cc1nonc1C(=O)N[C@H](c1nc2c(F)c([C@H](C(=O)N[C@@H](C)C(F)(F)F)C(F)C(F)F)ccc2[nH]1)C1CCC(F)(F)CC1. The molecular weight excluding hydrogens is 603 g/mol. The van der Waals surface area contributed by atoms with E-state index in [2.05, 4.69) is 30.2 Å². The number of amides is 2. The van der Waals surface area contributed by atoms with Crippen molar-refractivity contribution in [1.29, 1.82) is 0 Å². The minimum Gasteiger partial charge on any atom is -0.344 e. The van der Waals surface area contributed by atoms with Crippen LogP contribution in [-0.4, -0.2) is 62.8 Å². The summed E-state index contributed by atoms with van der Waals surface area (Å²) in [7, 11) is 0. The smallest absolute Gasteiger partial charge is 0.344 e. The van der Waals surface area contributed by atoms with Crippen LogP contribution in [0.25, 0.3) is 11.0 Å². The molecule has 0 aliphatic heterocycles. The van der Waals surface area contributed by atoms with Gasteiger partial charge in [-0.3, -0.25) is 9.59 Å². The van der Waals surface area contributed by atoms with E-state index >= 15 is 4.39 Å². The Bertz CT molecular complexity index is 1460. The molecule has 9 nitrogen and oxygen atoms in total. The van der Waals surface area contributed by atoms with Crippen LogP contribution in [0.3, 0.4) is 0 Å². The van der Waals surface area contributed by atoms with Gasteiger partial charge in [0.05, 0.1) is 11.6 Å². The number of nitrogens with one attached hydrogen (secondary N) is 3. The van der Waals surface area contributed by atoms with Gasteiger partial charge in [-0.1, -0.05) is 11.2 Å². The Morgan fingerprint density at radius 1 is 1.09 bits per heavy atom. The molecule has 1 saturated carbocycles. The lowest BCUT2D eigenvalue weighted by Crippen LogP contribution is -2.47. The third-order valence-electron chi connectivity index (χ3n) is 7.35. The van der Waals surface area contributed by atoms with Gasteiger partial charge < -0.3 is 15.6 Å². The van der Waals surface area contributed by atoms with Crippen molar-refractivity contribution in [3.05, 3.63) is 40.7 Å². The van der Waals surface area contributed by atoms with Crippen LogP contribution >= 0.6 is 0 Å². The fraction of sp³-hybridized carbons (Fsp3) is 0.560. The second-order valence-corrected chi connectivity index (χ2v) is 10.4. The molecule has 2 amide bonds. The molecular formula is C25H25F9N6O3. The summed E-state index contributed by atoms with van der Waals surface area (Å²) in [6.45, 7) is 1.91. The van der Waals surface area contributed by atoms with Crippen LogP contribution in [0.1, 0.15) is 72.1 Å².